The van der Waals surface area contributed by atoms with E-state index in [2.05, 4.69) is 5.32 Å². The van der Waals surface area contributed by atoms with Gasteiger partial charge in [0.15, 0.2) is 0 Å². The van der Waals surface area contributed by atoms with Crippen molar-refractivity contribution in [2.24, 2.45) is 0 Å². The van der Waals surface area contributed by atoms with Crippen molar-refractivity contribution < 1.29 is 23.0 Å². The molecule has 0 saturated carbocycles. The molecule has 6 heteroatoms. The molecule has 3 nitrogen and oxygen atoms in total. The summed E-state index contributed by atoms with van der Waals surface area (Å²) in [4.78, 5) is 0. The third-order valence-corrected chi connectivity index (χ3v) is 4.97. The Morgan fingerprint density at radius 2 is 1.61 bits per heavy atom. The number of benzene rings is 3. The summed E-state index contributed by atoms with van der Waals surface area (Å²) >= 11 is 0. The van der Waals surface area contributed by atoms with Crippen LogP contribution in [0.4, 0.5) is 13.2 Å². The number of hydrogen-bond donors (Lipinski definition) is 2. The van der Waals surface area contributed by atoms with Gasteiger partial charge in [0.05, 0.1) is 11.7 Å². The molecule has 0 aliphatic rings. The molecule has 164 valence electrons. The van der Waals surface area contributed by atoms with Crippen molar-refractivity contribution in [2.45, 2.75) is 38.3 Å². The minimum absolute atomic E-state index is 0.0385. The number of rotatable bonds is 9. The van der Waals surface area contributed by atoms with Crippen molar-refractivity contribution in [3.63, 3.8) is 0 Å². The summed E-state index contributed by atoms with van der Waals surface area (Å²) in [7, 11) is 0. The van der Waals surface area contributed by atoms with Gasteiger partial charge in [0.1, 0.15) is 12.4 Å². The summed E-state index contributed by atoms with van der Waals surface area (Å²) in [6.45, 7) is 2.64. The summed E-state index contributed by atoms with van der Waals surface area (Å²) in [5.74, 6) is 0.785. The lowest BCUT2D eigenvalue weighted by Gasteiger charge is -2.18. The van der Waals surface area contributed by atoms with Crippen LogP contribution < -0.4 is 10.1 Å². The van der Waals surface area contributed by atoms with E-state index in [0.717, 1.165) is 29.0 Å². The molecule has 0 aromatic heterocycles. The SMILES string of the molecule is CC(Cc1ccc(OCc2ccccc2)cc1)NCC(O)c1cccc(C(F)(F)F)c1. The number of aliphatic hydroxyl groups is 1. The van der Waals surface area contributed by atoms with Crippen molar-refractivity contribution in [1.82, 2.24) is 5.32 Å². The van der Waals surface area contributed by atoms with Gasteiger partial charge in [-0.3, -0.25) is 0 Å². The smallest absolute Gasteiger partial charge is 0.416 e. The lowest BCUT2D eigenvalue weighted by Crippen LogP contribution is -2.32. The lowest BCUT2D eigenvalue weighted by atomic mass is 10.0. The number of ether oxygens (including phenoxy) is 1. The van der Waals surface area contributed by atoms with E-state index in [-0.39, 0.29) is 18.2 Å². The van der Waals surface area contributed by atoms with E-state index in [1.54, 1.807) is 0 Å². The molecular weight excluding hydrogens is 403 g/mol. The van der Waals surface area contributed by atoms with Crippen LogP contribution in [0.1, 0.15) is 35.3 Å². The lowest BCUT2D eigenvalue weighted by molar-refractivity contribution is -0.137. The Labute approximate surface area is 180 Å². The van der Waals surface area contributed by atoms with Crippen LogP contribution in [0, 0.1) is 0 Å². The molecule has 3 aromatic rings. The Bertz CT molecular complexity index is 943. The first-order chi connectivity index (χ1) is 14.8. The second-order valence-electron chi connectivity index (χ2n) is 7.57. The highest BCUT2D eigenvalue weighted by Gasteiger charge is 2.30. The van der Waals surface area contributed by atoms with Gasteiger partial charge in [-0.05, 0) is 54.3 Å². The zero-order valence-corrected chi connectivity index (χ0v) is 17.3. The molecule has 0 aliphatic heterocycles. The third kappa shape index (κ3) is 7.12. The summed E-state index contributed by atoms with van der Waals surface area (Å²) in [5.41, 5.74) is 1.69. The van der Waals surface area contributed by atoms with Crippen LogP contribution in [-0.2, 0) is 19.2 Å². The molecule has 0 saturated heterocycles. The maximum Gasteiger partial charge on any atom is 0.416 e. The Hall–Kier alpha value is -2.83. The molecule has 0 spiro atoms. The molecule has 0 bridgehead atoms. The first-order valence-corrected chi connectivity index (χ1v) is 10.2. The number of alkyl halides is 3. The van der Waals surface area contributed by atoms with Gasteiger partial charge in [0.2, 0.25) is 0 Å². The van der Waals surface area contributed by atoms with Crippen molar-refractivity contribution in [2.75, 3.05) is 6.54 Å². The van der Waals surface area contributed by atoms with Crippen molar-refractivity contribution in [3.8, 4) is 5.75 Å². The quantitative estimate of drug-likeness (QED) is 0.469. The fraction of sp³-hybridized carbons (Fsp3) is 0.280. The summed E-state index contributed by atoms with van der Waals surface area (Å²) in [6, 6.07) is 22.6. The highest BCUT2D eigenvalue weighted by atomic mass is 19.4. The van der Waals surface area contributed by atoms with Crippen molar-refractivity contribution in [3.05, 3.63) is 101 Å². The number of nitrogens with one attached hydrogen (secondary N) is 1. The van der Waals surface area contributed by atoms with E-state index < -0.39 is 17.8 Å². The summed E-state index contributed by atoms with van der Waals surface area (Å²) in [5, 5.41) is 13.5. The van der Waals surface area contributed by atoms with Gasteiger partial charge in [-0.1, -0.05) is 54.6 Å². The standard InChI is InChI=1S/C25H26F3NO2/c1-18(29-16-24(30)21-8-5-9-22(15-21)25(26,27)28)14-19-10-12-23(13-11-19)31-17-20-6-3-2-4-7-20/h2-13,15,18,24,29-30H,14,16-17H2,1H3. The average Bonchev–Trinajstić information content (AvgIpc) is 2.77. The first-order valence-electron chi connectivity index (χ1n) is 10.2. The Morgan fingerprint density at radius 1 is 0.903 bits per heavy atom. The second kappa shape index (κ2) is 10.5. The van der Waals surface area contributed by atoms with Gasteiger partial charge in [0, 0.05) is 12.6 Å². The number of halogens is 3. The van der Waals surface area contributed by atoms with Crippen LogP contribution in [0.5, 0.6) is 5.75 Å². The highest BCUT2D eigenvalue weighted by Crippen LogP contribution is 2.30. The van der Waals surface area contributed by atoms with E-state index in [1.165, 1.54) is 12.1 Å². The fourth-order valence-corrected chi connectivity index (χ4v) is 3.24. The van der Waals surface area contributed by atoms with E-state index in [1.807, 2.05) is 61.5 Å². The van der Waals surface area contributed by atoms with Gasteiger partial charge in [-0.15, -0.1) is 0 Å². The zero-order chi connectivity index (χ0) is 22.3. The van der Waals surface area contributed by atoms with Gasteiger partial charge >= 0.3 is 6.18 Å². The Kier molecular flexibility index (Phi) is 7.71. The maximum absolute atomic E-state index is 12.8. The summed E-state index contributed by atoms with van der Waals surface area (Å²) < 4.78 is 44.3. The van der Waals surface area contributed by atoms with Crippen molar-refractivity contribution >= 4 is 0 Å². The van der Waals surface area contributed by atoms with E-state index in [4.69, 9.17) is 4.74 Å². The van der Waals surface area contributed by atoms with E-state index in [0.29, 0.717) is 13.0 Å². The highest BCUT2D eigenvalue weighted by molar-refractivity contribution is 5.29. The minimum atomic E-state index is -4.42. The molecule has 2 atom stereocenters. The topological polar surface area (TPSA) is 41.5 Å². The average molecular weight is 429 g/mol. The fourth-order valence-electron chi connectivity index (χ4n) is 3.24. The van der Waals surface area contributed by atoms with Gasteiger partial charge in [0.25, 0.3) is 0 Å². The maximum atomic E-state index is 12.8. The number of aliphatic hydroxyl groups excluding tert-OH is 1. The predicted molar refractivity (Wildman–Crippen MR) is 115 cm³/mol. The van der Waals surface area contributed by atoms with Crippen LogP contribution in [0.3, 0.4) is 0 Å². The molecule has 0 aliphatic carbocycles. The molecule has 3 rings (SSSR count). The molecule has 2 N–H and O–H groups in total. The van der Waals surface area contributed by atoms with Crippen LogP contribution >= 0.6 is 0 Å². The first kappa shape index (κ1) is 22.8. The van der Waals surface area contributed by atoms with Crippen LogP contribution in [0.2, 0.25) is 0 Å². The molecular formula is C25H26F3NO2. The second-order valence-corrected chi connectivity index (χ2v) is 7.57. The molecule has 0 heterocycles. The predicted octanol–water partition coefficient (Wildman–Crippen LogP) is 5.54. The Balaban J connectivity index is 1.46. The van der Waals surface area contributed by atoms with Crippen molar-refractivity contribution in [1.29, 1.82) is 0 Å². The third-order valence-electron chi connectivity index (χ3n) is 4.97. The van der Waals surface area contributed by atoms with E-state index >= 15 is 0 Å². The van der Waals surface area contributed by atoms with Gasteiger partial charge in [-0.2, -0.15) is 13.2 Å². The monoisotopic (exact) mass is 429 g/mol. The molecule has 0 fully saturated rings. The molecule has 31 heavy (non-hydrogen) atoms. The minimum Gasteiger partial charge on any atom is -0.489 e. The van der Waals surface area contributed by atoms with Crippen LogP contribution in [-0.4, -0.2) is 17.7 Å². The molecule has 0 radical (unpaired) electrons. The van der Waals surface area contributed by atoms with E-state index in [9.17, 15) is 18.3 Å². The summed E-state index contributed by atoms with van der Waals surface area (Å²) in [6.07, 6.45) is -4.72. The number of hydrogen-bond acceptors (Lipinski definition) is 3. The Morgan fingerprint density at radius 3 is 2.29 bits per heavy atom. The van der Waals surface area contributed by atoms with Gasteiger partial charge < -0.3 is 15.2 Å². The largest absolute Gasteiger partial charge is 0.489 e. The van der Waals surface area contributed by atoms with Crippen LogP contribution in [0.15, 0.2) is 78.9 Å². The normalized spacial score (nSPS) is 13.6. The van der Waals surface area contributed by atoms with Gasteiger partial charge in [-0.25, -0.2) is 0 Å². The van der Waals surface area contributed by atoms with Crippen LogP contribution in [0.25, 0.3) is 0 Å². The molecule has 2 unspecified atom stereocenters. The molecule has 3 aromatic carbocycles. The zero-order valence-electron chi connectivity index (χ0n) is 17.3. The molecule has 0 amide bonds.